The van der Waals surface area contributed by atoms with Gasteiger partial charge in [0.1, 0.15) is 0 Å². The largest absolute Gasteiger partial charge is 0.441 e. The first kappa shape index (κ1) is 14.3. The summed E-state index contributed by atoms with van der Waals surface area (Å²) >= 11 is 0. The van der Waals surface area contributed by atoms with Crippen LogP contribution in [0.25, 0.3) is 11.3 Å². The van der Waals surface area contributed by atoms with E-state index in [9.17, 15) is 0 Å². The van der Waals surface area contributed by atoms with E-state index in [0.717, 1.165) is 36.7 Å². The Bertz CT molecular complexity index is 601. The van der Waals surface area contributed by atoms with E-state index in [1.165, 1.54) is 30.4 Å². The predicted molar refractivity (Wildman–Crippen MR) is 85.4 cm³/mol. The van der Waals surface area contributed by atoms with Crippen LogP contribution in [0.4, 0.5) is 0 Å². The second-order valence-electron chi connectivity index (χ2n) is 6.30. The van der Waals surface area contributed by atoms with Crippen LogP contribution in [0.1, 0.15) is 37.3 Å². The van der Waals surface area contributed by atoms with E-state index in [1.54, 1.807) is 0 Å². The van der Waals surface area contributed by atoms with Crippen LogP contribution < -0.4 is 5.32 Å². The molecule has 3 heteroatoms. The van der Waals surface area contributed by atoms with Crippen LogP contribution in [-0.2, 0) is 19.3 Å². The zero-order valence-electron chi connectivity index (χ0n) is 13.0. The Morgan fingerprint density at radius 3 is 2.95 bits per heavy atom. The van der Waals surface area contributed by atoms with E-state index in [0.29, 0.717) is 5.92 Å². The number of nitrogens with one attached hydrogen (secondary N) is 1. The van der Waals surface area contributed by atoms with Gasteiger partial charge in [0.15, 0.2) is 11.7 Å². The highest BCUT2D eigenvalue weighted by molar-refractivity contribution is 5.59. The molecule has 0 radical (unpaired) electrons. The Morgan fingerprint density at radius 1 is 1.24 bits per heavy atom. The summed E-state index contributed by atoms with van der Waals surface area (Å²) < 4.78 is 5.89. The number of aryl methyl sites for hydroxylation is 2. The van der Waals surface area contributed by atoms with Gasteiger partial charge in [-0.3, -0.25) is 0 Å². The molecule has 1 N–H and O–H groups in total. The molecule has 0 aliphatic heterocycles. The fourth-order valence-electron chi connectivity index (χ4n) is 2.87. The highest BCUT2D eigenvalue weighted by atomic mass is 16.4. The summed E-state index contributed by atoms with van der Waals surface area (Å²) in [6.07, 6.45) is 6.40. The summed E-state index contributed by atoms with van der Waals surface area (Å²) in [6.45, 7) is 6.38. The lowest BCUT2D eigenvalue weighted by Gasteiger charge is -2.05. The molecule has 0 amide bonds. The standard InChI is InChI=1S/C18H24N2O/c1-13(2)11-19-9-8-18-20-12-17(21-18)16-7-6-14-4-3-5-15(14)10-16/h6-7,10,12-13,19H,3-5,8-9,11H2,1-2H3. The van der Waals surface area contributed by atoms with E-state index in [1.807, 2.05) is 6.20 Å². The summed E-state index contributed by atoms with van der Waals surface area (Å²) in [5, 5.41) is 3.42. The first-order valence-corrected chi connectivity index (χ1v) is 8.00. The fourth-order valence-corrected chi connectivity index (χ4v) is 2.87. The average Bonchev–Trinajstić information content (AvgIpc) is 3.11. The van der Waals surface area contributed by atoms with Crippen LogP contribution in [0, 0.1) is 5.92 Å². The SMILES string of the molecule is CC(C)CNCCc1ncc(-c2ccc3c(c2)CCC3)o1. The maximum Gasteiger partial charge on any atom is 0.196 e. The molecule has 112 valence electrons. The van der Waals surface area contributed by atoms with Crippen LogP contribution in [0.3, 0.4) is 0 Å². The van der Waals surface area contributed by atoms with E-state index in [2.05, 4.69) is 42.3 Å². The summed E-state index contributed by atoms with van der Waals surface area (Å²) in [5.74, 6) is 2.39. The molecular formula is C18H24N2O. The minimum Gasteiger partial charge on any atom is -0.441 e. The molecule has 0 atom stereocenters. The second-order valence-corrected chi connectivity index (χ2v) is 6.30. The Morgan fingerprint density at radius 2 is 2.10 bits per heavy atom. The zero-order valence-corrected chi connectivity index (χ0v) is 13.0. The van der Waals surface area contributed by atoms with Crippen molar-refractivity contribution in [2.75, 3.05) is 13.1 Å². The number of oxazole rings is 1. The molecule has 1 aromatic carbocycles. The number of nitrogens with zero attached hydrogens (tertiary/aromatic N) is 1. The molecule has 1 aliphatic carbocycles. The molecule has 0 bridgehead atoms. The third-order valence-electron chi connectivity index (χ3n) is 4.00. The van der Waals surface area contributed by atoms with Gasteiger partial charge in [-0.15, -0.1) is 0 Å². The second kappa shape index (κ2) is 6.44. The summed E-state index contributed by atoms with van der Waals surface area (Å²) in [7, 11) is 0. The van der Waals surface area contributed by atoms with Crippen LogP contribution >= 0.6 is 0 Å². The van der Waals surface area contributed by atoms with Crippen molar-refractivity contribution in [2.45, 2.75) is 39.5 Å². The van der Waals surface area contributed by atoms with Crippen molar-refractivity contribution in [1.82, 2.24) is 10.3 Å². The fraction of sp³-hybridized carbons (Fsp3) is 0.500. The first-order chi connectivity index (χ1) is 10.2. The van der Waals surface area contributed by atoms with Gasteiger partial charge in [0, 0.05) is 18.5 Å². The van der Waals surface area contributed by atoms with Crippen molar-refractivity contribution >= 4 is 0 Å². The summed E-state index contributed by atoms with van der Waals surface area (Å²) in [6, 6.07) is 6.67. The van der Waals surface area contributed by atoms with Crippen LogP contribution in [0.2, 0.25) is 0 Å². The number of hydrogen-bond donors (Lipinski definition) is 1. The Balaban J connectivity index is 1.62. The zero-order chi connectivity index (χ0) is 14.7. The maximum atomic E-state index is 5.89. The van der Waals surface area contributed by atoms with Gasteiger partial charge in [0.2, 0.25) is 0 Å². The molecule has 0 saturated heterocycles. The highest BCUT2D eigenvalue weighted by Gasteiger charge is 2.13. The van der Waals surface area contributed by atoms with Crippen molar-refractivity contribution in [3.63, 3.8) is 0 Å². The third kappa shape index (κ3) is 3.53. The Hall–Kier alpha value is -1.61. The Kier molecular flexibility index (Phi) is 4.39. The van der Waals surface area contributed by atoms with Crippen LogP contribution in [0.5, 0.6) is 0 Å². The van der Waals surface area contributed by atoms with Gasteiger partial charge in [0.25, 0.3) is 0 Å². The van der Waals surface area contributed by atoms with Crippen molar-refractivity contribution in [3.05, 3.63) is 41.4 Å². The average molecular weight is 284 g/mol. The number of rotatable bonds is 6. The highest BCUT2D eigenvalue weighted by Crippen LogP contribution is 2.28. The normalized spacial score (nSPS) is 13.9. The smallest absolute Gasteiger partial charge is 0.196 e. The van der Waals surface area contributed by atoms with Crippen molar-refractivity contribution in [3.8, 4) is 11.3 Å². The lowest BCUT2D eigenvalue weighted by atomic mass is 10.1. The number of aromatic nitrogens is 1. The van der Waals surface area contributed by atoms with Crippen molar-refractivity contribution in [2.24, 2.45) is 5.92 Å². The Labute approximate surface area is 126 Å². The van der Waals surface area contributed by atoms with E-state index in [-0.39, 0.29) is 0 Å². The monoisotopic (exact) mass is 284 g/mol. The van der Waals surface area contributed by atoms with Crippen LogP contribution in [-0.4, -0.2) is 18.1 Å². The molecule has 0 fully saturated rings. The van der Waals surface area contributed by atoms with Gasteiger partial charge in [0.05, 0.1) is 6.20 Å². The first-order valence-electron chi connectivity index (χ1n) is 8.00. The lowest BCUT2D eigenvalue weighted by molar-refractivity contribution is 0.483. The van der Waals surface area contributed by atoms with Gasteiger partial charge in [-0.1, -0.05) is 26.0 Å². The van der Waals surface area contributed by atoms with Crippen LogP contribution in [0.15, 0.2) is 28.8 Å². The number of fused-ring (bicyclic) bond motifs is 1. The molecule has 1 aliphatic rings. The van der Waals surface area contributed by atoms with Gasteiger partial charge >= 0.3 is 0 Å². The van der Waals surface area contributed by atoms with Gasteiger partial charge in [-0.25, -0.2) is 4.98 Å². The molecule has 0 unspecified atom stereocenters. The van der Waals surface area contributed by atoms with Gasteiger partial charge in [-0.2, -0.15) is 0 Å². The van der Waals surface area contributed by atoms with Gasteiger partial charge in [-0.05, 0) is 48.9 Å². The van der Waals surface area contributed by atoms with E-state index >= 15 is 0 Å². The van der Waals surface area contributed by atoms with Crippen molar-refractivity contribution < 1.29 is 4.42 Å². The van der Waals surface area contributed by atoms with Gasteiger partial charge < -0.3 is 9.73 Å². The topological polar surface area (TPSA) is 38.1 Å². The molecule has 3 nitrogen and oxygen atoms in total. The lowest BCUT2D eigenvalue weighted by Crippen LogP contribution is -2.22. The van der Waals surface area contributed by atoms with E-state index in [4.69, 9.17) is 4.42 Å². The molecule has 1 heterocycles. The molecule has 0 spiro atoms. The molecule has 21 heavy (non-hydrogen) atoms. The minimum atomic E-state index is 0.677. The summed E-state index contributed by atoms with van der Waals surface area (Å²) in [4.78, 5) is 4.40. The van der Waals surface area contributed by atoms with E-state index < -0.39 is 0 Å². The number of benzene rings is 1. The molecule has 1 aromatic heterocycles. The van der Waals surface area contributed by atoms with Crippen molar-refractivity contribution in [1.29, 1.82) is 0 Å². The minimum absolute atomic E-state index is 0.677. The molecule has 0 saturated carbocycles. The quantitative estimate of drug-likeness (QED) is 0.823. The maximum absolute atomic E-state index is 5.89. The predicted octanol–water partition coefficient (Wildman–Crippen LogP) is 3.62. The molecular weight excluding hydrogens is 260 g/mol. The third-order valence-corrected chi connectivity index (χ3v) is 4.00. The molecule has 2 aromatic rings. The molecule has 3 rings (SSSR count). The summed E-state index contributed by atoms with van der Waals surface area (Å²) in [5.41, 5.74) is 4.13. The number of hydrogen-bond acceptors (Lipinski definition) is 3.